The molecule has 0 aliphatic heterocycles. The largest absolute Gasteiger partial charge is 0.357 e. The molecule has 1 fully saturated rings. The minimum absolute atomic E-state index is 0.0930. The Labute approximate surface area is 100 Å². The lowest BCUT2D eigenvalue weighted by atomic mass is 10.0. The molecule has 0 amide bonds. The lowest BCUT2D eigenvalue weighted by Crippen LogP contribution is -2.32. The first-order valence-electron chi connectivity index (χ1n) is 5.49. The maximum absolute atomic E-state index is 5.82. The molecular formula is C10H16ClN5. The first-order valence-corrected chi connectivity index (χ1v) is 5.87. The fraction of sp³-hybridized carbons (Fsp3) is 0.700. The smallest absolute Gasteiger partial charge is 0.229 e. The molecule has 1 aromatic rings. The van der Waals surface area contributed by atoms with Gasteiger partial charge in [0.1, 0.15) is 0 Å². The second-order valence-corrected chi connectivity index (χ2v) is 4.73. The molecular weight excluding hydrogens is 226 g/mol. The maximum Gasteiger partial charge on any atom is 0.229 e. The minimum Gasteiger partial charge on any atom is -0.357 e. The van der Waals surface area contributed by atoms with Gasteiger partial charge in [-0.1, -0.05) is 12.8 Å². The number of rotatable bonds is 3. The topological polar surface area (TPSA) is 62.7 Å². The van der Waals surface area contributed by atoms with Gasteiger partial charge in [-0.05, 0) is 31.4 Å². The second-order valence-electron chi connectivity index (χ2n) is 4.39. The number of nitrogens with one attached hydrogen (secondary N) is 2. The molecule has 0 aromatic carbocycles. The van der Waals surface area contributed by atoms with Gasteiger partial charge in [-0.2, -0.15) is 15.0 Å². The van der Waals surface area contributed by atoms with Crippen LogP contribution in [0, 0.1) is 0 Å². The van der Waals surface area contributed by atoms with Crippen molar-refractivity contribution in [1.29, 1.82) is 0 Å². The van der Waals surface area contributed by atoms with Crippen molar-refractivity contribution in [1.82, 2.24) is 15.0 Å². The van der Waals surface area contributed by atoms with Gasteiger partial charge in [0.05, 0.1) is 0 Å². The van der Waals surface area contributed by atoms with Gasteiger partial charge >= 0.3 is 0 Å². The Morgan fingerprint density at radius 3 is 2.38 bits per heavy atom. The Hall–Kier alpha value is -1.10. The monoisotopic (exact) mass is 241 g/mol. The van der Waals surface area contributed by atoms with Crippen LogP contribution in [0.1, 0.15) is 32.6 Å². The van der Waals surface area contributed by atoms with Crippen molar-refractivity contribution >= 4 is 23.5 Å². The molecule has 2 N–H and O–H groups in total. The lowest BCUT2D eigenvalue weighted by Gasteiger charge is -2.25. The molecule has 16 heavy (non-hydrogen) atoms. The van der Waals surface area contributed by atoms with Crippen LogP contribution in [0.3, 0.4) is 0 Å². The van der Waals surface area contributed by atoms with Gasteiger partial charge in [0.2, 0.25) is 17.2 Å². The number of halogens is 1. The van der Waals surface area contributed by atoms with Crippen LogP contribution < -0.4 is 10.6 Å². The molecule has 88 valence electrons. The molecule has 5 nitrogen and oxygen atoms in total. The van der Waals surface area contributed by atoms with Gasteiger partial charge in [-0.3, -0.25) is 0 Å². The zero-order valence-corrected chi connectivity index (χ0v) is 10.3. The van der Waals surface area contributed by atoms with E-state index in [9.17, 15) is 0 Å². The standard InChI is InChI=1S/C10H16ClN5/c1-10(5-3-4-6-10)16-9-14-7(11)13-8(12-2)15-9/h3-6H2,1-2H3,(H2,12,13,14,15,16). The quantitative estimate of drug-likeness (QED) is 0.850. The molecule has 0 saturated heterocycles. The summed E-state index contributed by atoms with van der Waals surface area (Å²) in [5.74, 6) is 1.04. The van der Waals surface area contributed by atoms with Crippen LogP contribution in [-0.2, 0) is 0 Å². The first kappa shape index (κ1) is 11.4. The highest BCUT2D eigenvalue weighted by Crippen LogP contribution is 2.31. The molecule has 0 unspecified atom stereocenters. The van der Waals surface area contributed by atoms with Crippen molar-refractivity contribution in [3.05, 3.63) is 5.28 Å². The average Bonchev–Trinajstić information content (AvgIpc) is 2.63. The van der Waals surface area contributed by atoms with E-state index < -0.39 is 0 Å². The van der Waals surface area contributed by atoms with E-state index >= 15 is 0 Å². The van der Waals surface area contributed by atoms with Gasteiger partial charge < -0.3 is 10.6 Å². The highest BCUT2D eigenvalue weighted by atomic mass is 35.5. The summed E-state index contributed by atoms with van der Waals surface area (Å²) in [4.78, 5) is 12.3. The summed E-state index contributed by atoms with van der Waals surface area (Å²) in [7, 11) is 1.76. The number of hydrogen-bond acceptors (Lipinski definition) is 5. The van der Waals surface area contributed by atoms with E-state index in [1.54, 1.807) is 7.05 Å². The zero-order chi connectivity index (χ0) is 11.6. The highest BCUT2D eigenvalue weighted by molar-refractivity contribution is 6.28. The van der Waals surface area contributed by atoms with E-state index in [0.717, 1.165) is 12.8 Å². The summed E-state index contributed by atoms with van der Waals surface area (Å²) in [6.07, 6.45) is 4.79. The van der Waals surface area contributed by atoms with E-state index in [0.29, 0.717) is 11.9 Å². The zero-order valence-electron chi connectivity index (χ0n) is 9.55. The summed E-state index contributed by atoms with van der Waals surface area (Å²) < 4.78 is 0. The molecule has 2 rings (SSSR count). The van der Waals surface area contributed by atoms with Gasteiger partial charge in [-0.25, -0.2) is 0 Å². The third kappa shape index (κ3) is 2.52. The molecule has 1 saturated carbocycles. The van der Waals surface area contributed by atoms with Gasteiger partial charge in [0.25, 0.3) is 0 Å². The maximum atomic E-state index is 5.82. The molecule has 6 heteroatoms. The van der Waals surface area contributed by atoms with E-state index in [1.807, 2.05) is 0 Å². The minimum atomic E-state index is 0.0930. The van der Waals surface area contributed by atoms with E-state index in [1.165, 1.54) is 12.8 Å². The van der Waals surface area contributed by atoms with Crippen LogP contribution in [0.15, 0.2) is 0 Å². The molecule has 1 aromatic heterocycles. The number of nitrogens with zero attached hydrogens (tertiary/aromatic N) is 3. The Morgan fingerprint density at radius 2 is 1.75 bits per heavy atom. The molecule has 0 bridgehead atoms. The SMILES string of the molecule is CNc1nc(Cl)nc(NC2(C)CCCC2)n1. The fourth-order valence-electron chi connectivity index (χ4n) is 2.07. The predicted octanol–water partition coefficient (Wildman–Crippen LogP) is 2.31. The van der Waals surface area contributed by atoms with Crippen molar-refractivity contribution in [2.45, 2.75) is 38.1 Å². The van der Waals surface area contributed by atoms with Crippen molar-refractivity contribution in [3.63, 3.8) is 0 Å². The highest BCUT2D eigenvalue weighted by Gasteiger charge is 2.29. The van der Waals surface area contributed by atoms with Crippen LogP contribution in [0.25, 0.3) is 0 Å². The van der Waals surface area contributed by atoms with Gasteiger partial charge in [0, 0.05) is 12.6 Å². The average molecular weight is 242 g/mol. The van der Waals surface area contributed by atoms with Crippen LogP contribution in [0.2, 0.25) is 5.28 Å². The van der Waals surface area contributed by atoms with E-state index in [-0.39, 0.29) is 10.8 Å². The van der Waals surface area contributed by atoms with Crippen molar-refractivity contribution in [3.8, 4) is 0 Å². The second kappa shape index (κ2) is 4.41. The normalized spacial score (nSPS) is 18.4. The van der Waals surface area contributed by atoms with Gasteiger partial charge in [-0.15, -0.1) is 0 Å². The predicted molar refractivity (Wildman–Crippen MR) is 64.9 cm³/mol. The molecule has 0 radical (unpaired) electrons. The fourth-order valence-corrected chi connectivity index (χ4v) is 2.23. The van der Waals surface area contributed by atoms with Crippen LogP contribution in [0.5, 0.6) is 0 Å². The van der Waals surface area contributed by atoms with Crippen LogP contribution >= 0.6 is 11.6 Å². The molecule has 1 aliphatic carbocycles. The summed E-state index contributed by atoms with van der Waals surface area (Å²) in [6.45, 7) is 2.19. The Kier molecular flexibility index (Phi) is 3.14. The molecule has 0 atom stereocenters. The van der Waals surface area contributed by atoms with Crippen LogP contribution in [-0.4, -0.2) is 27.5 Å². The summed E-state index contributed by atoms with van der Waals surface area (Å²) in [5.41, 5.74) is 0.0930. The van der Waals surface area contributed by atoms with Gasteiger partial charge in [0.15, 0.2) is 0 Å². The molecule has 0 spiro atoms. The first-order chi connectivity index (χ1) is 7.61. The Morgan fingerprint density at radius 1 is 1.12 bits per heavy atom. The summed E-state index contributed by atoms with van der Waals surface area (Å²) in [6, 6.07) is 0. The van der Waals surface area contributed by atoms with Crippen molar-refractivity contribution < 1.29 is 0 Å². The van der Waals surface area contributed by atoms with E-state index in [4.69, 9.17) is 11.6 Å². The molecule has 1 heterocycles. The number of anilines is 2. The summed E-state index contributed by atoms with van der Waals surface area (Å²) in [5, 5.41) is 6.42. The van der Waals surface area contributed by atoms with Crippen molar-refractivity contribution in [2.75, 3.05) is 17.7 Å². The summed E-state index contributed by atoms with van der Waals surface area (Å²) >= 11 is 5.82. The van der Waals surface area contributed by atoms with Crippen molar-refractivity contribution in [2.24, 2.45) is 0 Å². The lowest BCUT2D eigenvalue weighted by molar-refractivity contribution is 0.528. The number of hydrogen-bond donors (Lipinski definition) is 2. The van der Waals surface area contributed by atoms with E-state index in [2.05, 4.69) is 32.5 Å². The number of aromatic nitrogens is 3. The Balaban J connectivity index is 2.17. The van der Waals surface area contributed by atoms with Crippen LogP contribution in [0.4, 0.5) is 11.9 Å². The third-order valence-corrected chi connectivity index (χ3v) is 3.12. The Bertz CT molecular complexity index is 375. The molecule has 1 aliphatic rings. The third-order valence-electron chi connectivity index (χ3n) is 2.95.